The molecule has 182 valence electrons. The molecular formula is C22H16F6N6O. The minimum absolute atomic E-state index is 0.0135. The summed E-state index contributed by atoms with van der Waals surface area (Å²) in [5.41, 5.74) is -1.81. The van der Waals surface area contributed by atoms with Crippen molar-refractivity contribution in [2.24, 2.45) is 0 Å². The smallest absolute Gasteiger partial charge is 0.433 e. The lowest BCUT2D eigenvalue weighted by Crippen LogP contribution is -2.10. The van der Waals surface area contributed by atoms with Gasteiger partial charge in [-0.15, -0.1) is 0 Å². The minimum Gasteiger partial charge on any atom is -0.464 e. The molecule has 0 amide bonds. The van der Waals surface area contributed by atoms with Gasteiger partial charge in [0.15, 0.2) is 5.65 Å². The number of aromatic nitrogens is 5. The van der Waals surface area contributed by atoms with Crippen molar-refractivity contribution in [3.05, 3.63) is 59.5 Å². The lowest BCUT2D eigenvalue weighted by atomic mass is 10.1. The summed E-state index contributed by atoms with van der Waals surface area (Å²) in [5.74, 6) is 0.133. The van der Waals surface area contributed by atoms with Crippen LogP contribution >= 0.6 is 0 Å². The van der Waals surface area contributed by atoms with E-state index >= 15 is 0 Å². The van der Waals surface area contributed by atoms with Gasteiger partial charge in [-0.05, 0) is 49.7 Å². The van der Waals surface area contributed by atoms with Gasteiger partial charge in [-0.1, -0.05) is 0 Å². The number of anilines is 2. The standard InChI is InChI=1S/C22H16F6N6O/c1-3-35-20-33-18(31-12-6-7-15(30-10-12)22(26,27)28)16-11(2)9-14(32-19(16)34-20)17-13(21(23,24)25)5-4-8-29-17/h4-10H,3H2,1-2H3,(H,31,32,33,34). The molecule has 0 aliphatic heterocycles. The molecule has 0 aromatic carbocycles. The Hall–Kier alpha value is -4.03. The van der Waals surface area contributed by atoms with E-state index in [1.54, 1.807) is 13.8 Å². The van der Waals surface area contributed by atoms with E-state index in [4.69, 9.17) is 4.74 Å². The molecule has 13 heteroatoms. The van der Waals surface area contributed by atoms with Gasteiger partial charge in [-0.25, -0.2) is 9.97 Å². The van der Waals surface area contributed by atoms with Crippen molar-refractivity contribution in [2.75, 3.05) is 11.9 Å². The summed E-state index contributed by atoms with van der Waals surface area (Å²) in [7, 11) is 0. The first kappa shape index (κ1) is 24.1. The van der Waals surface area contributed by atoms with Crippen LogP contribution in [0.1, 0.15) is 23.7 Å². The first-order valence-corrected chi connectivity index (χ1v) is 10.1. The molecule has 0 fully saturated rings. The van der Waals surface area contributed by atoms with Gasteiger partial charge < -0.3 is 10.1 Å². The van der Waals surface area contributed by atoms with Gasteiger partial charge in [-0.3, -0.25) is 4.98 Å². The van der Waals surface area contributed by atoms with Gasteiger partial charge in [0, 0.05) is 6.20 Å². The maximum absolute atomic E-state index is 13.5. The van der Waals surface area contributed by atoms with Crippen LogP contribution in [0.15, 0.2) is 42.7 Å². The van der Waals surface area contributed by atoms with Crippen molar-refractivity contribution in [3.8, 4) is 17.4 Å². The third-order valence-electron chi connectivity index (χ3n) is 4.79. The summed E-state index contributed by atoms with van der Waals surface area (Å²) >= 11 is 0. The molecular weight excluding hydrogens is 478 g/mol. The number of fused-ring (bicyclic) bond motifs is 1. The molecule has 0 spiro atoms. The van der Waals surface area contributed by atoms with Crippen molar-refractivity contribution < 1.29 is 31.1 Å². The zero-order valence-corrected chi connectivity index (χ0v) is 18.2. The van der Waals surface area contributed by atoms with Crippen LogP contribution in [0, 0.1) is 6.92 Å². The molecule has 0 unspecified atom stereocenters. The van der Waals surface area contributed by atoms with E-state index in [1.807, 2.05) is 0 Å². The highest BCUT2D eigenvalue weighted by atomic mass is 19.4. The van der Waals surface area contributed by atoms with Gasteiger partial charge in [0.2, 0.25) is 0 Å². The normalized spacial score (nSPS) is 12.1. The summed E-state index contributed by atoms with van der Waals surface area (Å²) in [6.07, 6.45) is -7.04. The van der Waals surface area contributed by atoms with Gasteiger partial charge in [0.05, 0.1) is 35.1 Å². The molecule has 0 radical (unpaired) electrons. The van der Waals surface area contributed by atoms with Crippen LogP contribution in [0.5, 0.6) is 6.01 Å². The highest BCUT2D eigenvalue weighted by molar-refractivity contribution is 5.93. The van der Waals surface area contributed by atoms with Crippen molar-refractivity contribution in [1.82, 2.24) is 24.9 Å². The Kier molecular flexibility index (Phi) is 6.17. The maximum atomic E-state index is 13.5. The Morgan fingerprint density at radius 1 is 0.943 bits per heavy atom. The molecule has 0 atom stereocenters. The average molecular weight is 494 g/mol. The number of ether oxygens (including phenoxy) is 1. The van der Waals surface area contributed by atoms with E-state index in [0.29, 0.717) is 10.9 Å². The summed E-state index contributed by atoms with van der Waals surface area (Å²) in [6.45, 7) is 3.48. The molecule has 0 bridgehead atoms. The van der Waals surface area contributed by atoms with E-state index in [1.165, 1.54) is 24.4 Å². The number of pyridine rings is 3. The Balaban J connectivity index is 1.84. The van der Waals surface area contributed by atoms with Crippen LogP contribution in [0.25, 0.3) is 22.4 Å². The number of hydrogen-bond acceptors (Lipinski definition) is 7. The van der Waals surface area contributed by atoms with Gasteiger partial charge in [0.1, 0.15) is 17.2 Å². The second-order valence-corrected chi connectivity index (χ2v) is 7.26. The van der Waals surface area contributed by atoms with Crippen LogP contribution in [0.4, 0.5) is 37.8 Å². The zero-order valence-electron chi connectivity index (χ0n) is 18.2. The van der Waals surface area contributed by atoms with Gasteiger partial charge in [-0.2, -0.15) is 36.3 Å². The number of aryl methyl sites for hydroxylation is 1. The summed E-state index contributed by atoms with van der Waals surface area (Å²) in [5, 5.41) is 3.20. The molecule has 4 heterocycles. The third kappa shape index (κ3) is 5.08. The number of nitrogens with zero attached hydrogens (tertiary/aromatic N) is 5. The lowest BCUT2D eigenvalue weighted by molar-refractivity contribution is -0.141. The molecule has 35 heavy (non-hydrogen) atoms. The second-order valence-electron chi connectivity index (χ2n) is 7.26. The Morgan fingerprint density at radius 2 is 1.71 bits per heavy atom. The van der Waals surface area contributed by atoms with Crippen LogP contribution in [0.2, 0.25) is 0 Å². The van der Waals surface area contributed by atoms with Crippen molar-refractivity contribution in [3.63, 3.8) is 0 Å². The first-order chi connectivity index (χ1) is 16.5. The highest BCUT2D eigenvalue weighted by Gasteiger charge is 2.35. The SMILES string of the molecule is CCOc1nc(Nc2ccc(C(F)(F)F)nc2)c2c(C)cc(-c3ncccc3C(F)(F)F)nc2n1. The largest absolute Gasteiger partial charge is 0.464 e. The Morgan fingerprint density at radius 3 is 2.34 bits per heavy atom. The number of rotatable bonds is 5. The summed E-state index contributed by atoms with van der Waals surface area (Å²) < 4.78 is 84.4. The predicted octanol–water partition coefficient (Wildman–Crippen LogP) is 5.97. The van der Waals surface area contributed by atoms with Crippen molar-refractivity contribution >= 4 is 22.5 Å². The summed E-state index contributed by atoms with van der Waals surface area (Å²) in [4.78, 5) is 20.0. The summed E-state index contributed by atoms with van der Waals surface area (Å²) in [6, 6.07) is 5.33. The Bertz CT molecular complexity index is 1370. The van der Waals surface area contributed by atoms with Crippen molar-refractivity contribution in [2.45, 2.75) is 26.2 Å². The topological polar surface area (TPSA) is 85.7 Å². The second kappa shape index (κ2) is 8.96. The molecule has 1 N–H and O–H groups in total. The quantitative estimate of drug-likeness (QED) is 0.342. The third-order valence-corrected chi connectivity index (χ3v) is 4.79. The van der Waals surface area contributed by atoms with Crippen LogP contribution < -0.4 is 10.1 Å². The van der Waals surface area contributed by atoms with E-state index < -0.39 is 23.6 Å². The fourth-order valence-corrected chi connectivity index (χ4v) is 3.31. The van der Waals surface area contributed by atoms with E-state index in [-0.39, 0.29) is 41.2 Å². The monoisotopic (exact) mass is 494 g/mol. The average Bonchev–Trinajstić information content (AvgIpc) is 2.78. The maximum Gasteiger partial charge on any atom is 0.433 e. The van der Waals surface area contributed by atoms with Gasteiger partial charge >= 0.3 is 18.4 Å². The molecule has 4 aromatic rings. The number of halogens is 6. The minimum atomic E-state index is -4.65. The zero-order chi connectivity index (χ0) is 25.4. The number of hydrogen-bond donors (Lipinski definition) is 1. The molecule has 0 aliphatic rings. The van der Waals surface area contributed by atoms with E-state index in [9.17, 15) is 26.3 Å². The van der Waals surface area contributed by atoms with E-state index in [0.717, 1.165) is 18.3 Å². The van der Waals surface area contributed by atoms with Crippen LogP contribution in [0.3, 0.4) is 0 Å². The van der Waals surface area contributed by atoms with Crippen molar-refractivity contribution in [1.29, 1.82) is 0 Å². The lowest BCUT2D eigenvalue weighted by Gasteiger charge is -2.15. The molecule has 0 aliphatic carbocycles. The number of nitrogens with one attached hydrogen (secondary N) is 1. The molecule has 4 aromatic heterocycles. The van der Waals surface area contributed by atoms with Crippen LogP contribution in [-0.4, -0.2) is 31.5 Å². The first-order valence-electron chi connectivity index (χ1n) is 10.1. The highest BCUT2D eigenvalue weighted by Crippen LogP contribution is 2.37. The molecule has 4 rings (SSSR count). The molecule has 7 nitrogen and oxygen atoms in total. The molecule has 0 saturated carbocycles. The predicted molar refractivity (Wildman–Crippen MR) is 114 cm³/mol. The fraction of sp³-hybridized carbons (Fsp3) is 0.227. The van der Waals surface area contributed by atoms with Gasteiger partial charge in [0.25, 0.3) is 0 Å². The molecule has 0 saturated heterocycles. The van der Waals surface area contributed by atoms with Crippen LogP contribution in [-0.2, 0) is 12.4 Å². The van der Waals surface area contributed by atoms with E-state index in [2.05, 4.69) is 30.2 Å². The number of alkyl halides is 6. The fourth-order valence-electron chi connectivity index (χ4n) is 3.31. The Labute approximate surface area is 194 Å².